The fourth-order valence-electron chi connectivity index (χ4n) is 0.711. The van der Waals surface area contributed by atoms with E-state index in [-0.39, 0.29) is 0 Å². The van der Waals surface area contributed by atoms with Crippen molar-refractivity contribution in [2.24, 2.45) is 11.8 Å². The van der Waals surface area contributed by atoms with E-state index in [1.807, 2.05) is 0 Å². The van der Waals surface area contributed by atoms with Crippen molar-refractivity contribution < 1.29 is 4.59 Å². The minimum atomic E-state index is 0.665. The lowest BCUT2D eigenvalue weighted by Crippen LogP contribution is -2.51. The predicted octanol–water partition coefficient (Wildman–Crippen LogP) is 1.37. The molecular weight excluding hydrogens is 124 g/mol. The standard InChI is InChI=1S/C8H21N2/c1-5-10(4,9)7-6-8(2)3/h8H,5-7,9H2,1-4H3/q+1. The molecule has 0 rings (SSSR count). The molecule has 1 unspecified atom stereocenters. The van der Waals surface area contributed by atoms with Crippen molar-refractivity contribution in [3.63, 3.8) is 0 Å². The number of rotatable bonds is 4. The second-order valence-electron chi connectivity index (χ2n) is 3.70. The van der Waals surface area contributed by atoms with Gasteiger partial charge >= 0.3 is 0 Å². The van der Waals surface area contributed by atoms with Crippen molar-refractivity contribution in [1.29, 1.82) is 0 Å². The van der Waals surface area contributed by atoms with Gasteiger partial charge in [0, 0.05) is 6.42 Å². The summed E-state index contributed by atoms with van der Waals surface area (Å²) in [5, 5.41) is 0. The minimum Gasteiger partial charge on any atom is -0.251 e. The number of nitrogens with zero attached hydrogens (tertiary/aromatic N) is 1. The Morgan fingerprint density at radius 1 is 1.40 bits per heavy atom. The van der Waals surface area contributed by atoms with Crippen molar-refractivity contribution in [2.45, 2.75) is 27.2 Å². The van der Waals surface area contributed by atoms with Gasteiger partial charge in [-0.1, -0.05) is 13.8 Å². The zero-order valence-electron chi connectivity index (χ0n) is 7.72. The van der Waals surface area contributed by atoms with Crippen molar-refractivity contribution in [3.05, 3.63) is 0 Å². The van der Waals surface area contributed by atoms with Crippen LogP contribution in [0.3, 0.4) is 0 Å². The lowest BCUT2D eigenvalue weighted by Gasteiger charge is -2.26. The predicted molar refractivity (Wildman–Crippen MR) is 45.2 cm³/mol. The van der Waals surface area contributed by atoms with Crippen LogP contribution in [0.2, 0.25) is 0 Å². The van der Waals surface area contributed by atoms with E-state index in [1.54, 1.807) is 0 Å². The molecule has 0 aliphatic carbocycles. The molecule has 2 N–H and O–H groups in total. The van der Waals surface area contributed by atoms with Gasteiger partial charge in [0.2, 0.25) is 0 Å². The topological polar surface area (TPSA) is 26.0 Å². The number of hydrogen-bond acceptors (Lipinski definition) is 1. The van der Waals surface area contributed by atoms with Gasteiger partial charge in [-0.3, -0.25) is 4.59 Å². The van der Waals surface area contributed by atoms with E-state index in [2.05, 4.69) is 27.8 Å². The first-order chi connectivity index (χ1) is 4.48. The van der Waals surface area contributed by atoms with Gasteiger partial charge < -0.3 is 0 Å². The van der Waals surface area contributed by atoms with Gasteiger partial charge in [-0.05, 0) is 12.8 Å². The maximum absolute atomic E-state index is 5.90. The van der Waals surface area contributed by atoms with Crippen LogP contribution in [-0.4, -0.2) is 24.7 Å². The summed E-state index contributed by atoms with van der Waals surface area (Å²) in [6.45, 7) is 8.70. The quantitative estimate of drug-likeness (QED) is 0.361. The normalized spacial score (nSPS) is 17.4. The summed E-state index contributed by atoms with van der Waals surface area (Å²) in [6.07, 6.45) is 1.22. The second kappa shape index (κ2) is 3.94. The Hall–Kier alpha value is -0.0800. The molecule has 0 aromatic carbocycles. The van der Waals surface area contributed by atoms with Crippen LogP contribution in [0.4, 0.5) is 0 Å². The van der Waals surface area contributed by atoms with Gasteiger partial charge in [0.05, 0.1) is 20.1 Å². The number of nitrogens with two attached hydrogens (primary N) is 1. The van der Waals surface area contributed by atoms with E-state index >= 15 is 0 Å². The molecule has 62 valence electrons. The molecule has 1 atom stereocenters. The Morgan fingerprint density at radius 2 is 1.90 bits per heavy atom. The average Bonchev–Trinajstić information content (AvgIpc) is 1.85. The molecule has 0 aromatic rings. The van der Waals surface area contributed by atoms with Gasteiger partial charge in [0.15, 0.2) is 0 Å². The third kappa shape index (κ3) is 4.77. The Labute approximate surface area is 64.6 Å². The molecule has 0 spiro atoms. The molecule has 2 nitrogen and oxygen atoms in total. The van der Waals surface area contributed by atoms with E-state index in [4.69, 9.17) is 5.84 Å². The highest BCUT2D eigenvalue weighted by Gasteiger charge is 2.12. The first-order valence-corrected chi connectivity index (χ1v) is 4.11. The lowest BCUT2D eigenvalue weighted by molar-refractivity contribution is -0.920. The highest BCUT2D eigenvalue weighted by Crippen LogP contribution is 2.02. The van der Waals surface area contributed by atoms with Crippen LogP contribution in [0.1, 0.15) is 27.2 Å². The van der Waals surface area contributed by atoms with E-state index < -0.39 is 0 Å². The second-order valence-corrected chi connectivity index (χ2v) is 3.70. The van der Waals surface area contributed by atoms with E-state index in [0.717, 1.165) is 19.0 Å². The maximum Gasteiger partial charge on any atom is 0.0960 e. The summed E-state index contributed by atoms with van der Waals surface area (Å²) in [6, 6.07) is 0. The SMILES string of the molecule is CC[N+](C)(N)CCC(C)C. The molecule has 0 aromatic heterocycles. The molecule has 10 heavy (non-hydrogen) atoms. The van der Waals surface area contributed by atoms with Gasteiger partial charge in [-0.2, -0.15) is 5.84 Å². The Morgan fingerprint density at radius 3 is 2.20 bits per heavy atom. The zero-order valence-corrected chi connectivity index (χ0v) is 7.72. The summed E-state index contributed by atoms with van der Waals surface area (Å²) in [7, 11) is 2.07. The highest BCUT2D eigenvalue weighted by molar-refractivity contribution is 4.42. The smallest absolute Gasteiger partial charge is 0.0960 e. The van der Waals surface area contributed by atoms with Crippen molar-refractivity contribution in [3.8, 4) is 0 Å². The van der Waals surface area contributed by atoms with Crippen molar-refractivity contribution in [2.75, 3.05) is 20.1 Å². The zero-order chi connectivity index (χ0) is 8.20. The first kappa shape index (κ1) is 9.92. The first-order valence-electron chi connectivity index (χ1n) is 4.11. The average molecular weight is 145 g/mol. The number of quaternary nitrogens is 1. The lowest BCUT2D eigenvalue weighted by atomic mass is 10.1. The van der Waals surface area contributed by atoms with Crippen LogP contribution in [-0.2, 0) is 0 Å². The van der Waals surface area contributed by atoms with Gasteiger partial charge in [0.1, 0.15) is 0 Å². The third-order valence-corrected chi connectivity index (χ3v) is 1.94. The third-order valence-electron chi connectivity index (χ3n) is 1.94. The summed E-state index contributed by atoms with van der Waals surface area (Å²) in [5.41, 5.74) is 0. The van der Waals surface area contributed by atoms with Gasteiger partial charge in [-0.15, -0.1) is 0 Å². The van der Waals surface area contributed by atoms with Gasteiger partial charge in [0.25, 0.3) is 0 Å². The molecule has 0 saturated heterocycles. The van der Waals surface area contributed by atoms with Crippen LogP contribution in [0.25, 0.3) is 0 Å². The van der Waals surface area contributed by atoms with E-state index in [1.165, 1.54) is 6.42 Å². The van der Waals surface area contributed by atoms with Crippen molar-refractivity contribution >= 4 is 0 Å². The summed E-state index contributed by atoms with van der Waals surface area (Å²) >= 11 is 0. The van der Waals surface area contributed by atoms with Crippen molar-refractivity contribution in [1.82, 2.24) is 0 Å². The van der Waals surface area contributed by atoms with Crippen LogP contribution >= 0.6 is 0 Å². The maximum atomic E-state index is 5.90. The van der Waals surface area contributed by atoms with Crippen LogP contribution in [0.15, 0.2) is 0 Å². The Balaban J connectivity index is 3.46. The number of hydrogen-bond donors (Lipinski definition) is 1. The van der Waals surface area contributed by atoms with E-state index in [0.29, 0.717) is 4.59 Å². The fourth-order valence-corrected chi connectivity index (χ4v) is 0.711. The fraction of sp³-hybridized carbons (Fsp3) is 1.00. The molecule has 0 aliphatic heterocycles. The van der Waals surface area contributed by atoms with Crippen LogP contribution in [0.5, 0.6) is 0 Å². The van der Waals surface area contributed by atoms with E-state index in [9.17, 15) is 0 Å². The molecule has 2 heteroatoms. The monoisotopic (exact) mass is 145 g/mol. The summed E-state index contributed by atoms with van der Waals surface area (Å²) in [4.78, 5) is 0. The molecule has 0 saturated carbocycles. The Kier molecular flexibility index (Phi) is 3.91. The van der Waals surface area contributed by atoms with Gasteiger partial charge in [-0.25, -0.2) is 0 Å². The molecule has 0 bridgehead atoms. The Bertz CT molecular complexity index is 87.3. The highest BCUT2D eigenvalue weighted by atomic mass is 15.6. The largest absolute Gasteiger partial charge is 0.251 e. The summed E-state index contributed by atoms with van der Waals surface area (Å²) in [5.74, 6) is 6.67. The molecular formula is C8H21N2+. The molecule has 0 fully saturated rings. The van der Waals surface area contributed by atoms with Crippen LogP contribution < -0.4 is 5.84 Å². The summed E-state index contributed by atoms with van der Waals surface area (Å²) < 4.78 is 0.665. The minimum absolute atomic E-state index is 0.665. The molecule has 0 heterocycles. The molecule has 0 radical (unpaired) electrons. The molecule has 0 aliphatic rings. The van der Waals surface area contributed by atoms with Crippen LogP contribution in [0, 0.1) is 5.92 Å². The molecule has 0 amide bonds.